The highest BCUT2D eigenvalue weighted by molar-refractivity contribution is 5.94. The molecule has 1 aromatic carbocycles. The number of nitrogens with zero attached hydrogens (tertiary/aromatic N) is 2. The number of amides is 1. The summed E-state index contributed by atoms with van der Waals surface area (Å²) in [6, 6.07) is 8.23. The number of ether oxygens (including phenoxy) is 2. The minimum Gasteiger partial charge on any atom is -0.493 e. The number of carbonyl (C=O) groups is 1. The number of benzene rings is 1. The maximum absolute atomic E-state index is 12.1. The first-order valence-corrected chi connectivity index (χ1v) is 8.93. The monoisotopic (exact) mass is 353 g/mol. The second kappa shape index (κ2) is 6.86. The van der Waals surface area contributed by atoms with Crippen molar-refractivity contribution in [1.82, 2.24) is 10.3 Å². The summed E-state index contributed by atoms with van der Waals surface area (Å²) in [4.78, 5) is 18.8. The molecule has 2 aromatic rings. The average Bonchev–Trinajstić information content (AvgIpc) is 3.50. The number of pyridine rings is 1. The number of carbonyl (C=O) groups excluding carboxylic acids is 1. The maximum atomic E-state index is 12.1. The van der Waals surface area contributed by atoms with E-state index < -0.39 is 0 Å². The van der Waals surface area contributed by atoms with Crippen LogP contribution in [0.15, 0.2) is 30.5 Å². The molecule has 4 rings (SSSR count). The lowest BCUT2D eigenvalue weighted by molar-refractivity contribution is 0.0950. The molecular weight excluding hydrogens is 330 g/mol. The first kappa shape index (κ1) is 16.7. The highest BCUT2D eigenvalue weighted by Gasteiger charge is 2.24. The second-order valence-corrected chi connectivity index (χ2v) is 6.80. The summed E-state index contributed by atoms with van der Waals surface area (Å²) in [6.45, 7) is 1.64. The molecule has 0 radical (unpaired) electrons. The summed E-state index contributed by atoms with van der Waals surface area (Å²) in [5.41, 5.74) is 3.11. The van der Waals surface area contributed by atoms with Crippen molar-refractivity contribution in [3.63, 3.8) is 0 Å². The molecule has 6 nitrogen and oxygen atoms in total. The minimum atomic E-state index is -0.0348. The highest BCUT2D eigenvalue weighted by atomic mass is 16.5. The molecule has 0 bridgehead atoms. The predicted octanol–water partition coefficient (Wildman–Crippen LogP) is 2.55. The van der Waals surface area contributed by atoms with Crippen LogP contribution in [0.1, 0.15) is 34.3 Å². The van der Waals surface area contributed by atoms with E-state index in [-0.39, 0.29) is 5.91 Å². The molecule has 1 aromatic heterocycles. The molecule has 0 saturated heterocycles. The Balaban J connectivity index is 1.50. The second-order valence-electron chi connectivity index (χ2n) is 6.80. The fourth-order valence-electron chi connectivity index (χ4n) is 3.28. The number of hydrogen-bond donors (Lipinski definition) is 1. The molecule has 1 saturated carbocycles. The van der Waals surface area contributed by atoms with Crippen LogP contribution in [0.25, 0.3) is 0 Å². The normalized spacial score (nSPS) is 16.0. The van der Waals surface area contributed by atoms with Gasteiger partial charge in [-0.1, -0.05) is 0 Å². The summed E-state index contributed by atoms with van der Waals surface area (Å²) < 4.78 is 10.8. The summed E-state index contributed by atoms with van der Waals surface area (Å²) in [7, 11) is 3.31. The largest absolute Gasteiger partial charge is 0.493 e. The molecule has 1 N–H and O–H groups in total. The van der Waals surface area contributed by atoms with E-state index in [9.17, 15) is 4.79 Å². The van der Waals surface area contributed by atoms with Gasteiger partial charge in [-0.15, -0.1) is 0 Å². The third-order valence-corrected chi connectivity index (χ3v) is 4.96. The Morgan fingerprint density at radius 3 is 2.50 bits per heavy atom. The maximum Gasteiger partial charge on any atom is 0.253 e. The van der Waals surface area contributed by atoms with Crippen LogP contribution in [0.3, 0.4) is 0 Å². The lowest BCUT2D eigenvalue weighted by atomic mass is 9.98. The fraction of sp³-hybridized carbons (Fsp3) is 0.400. The van der Waals surface area contributed by atoms with Crippen LogP contribution in [-0.4, -0.2) is 37.7 Å². The fourth-order valence-corrected chi connectivity index (χ4v) is 3.28. The van der Waals surface area contributed by atoms with Gasteiger partial charge in [0.2, 0.25) is 0 Å². The van der Waals surface area contributed by atoms with Crippen LogP contribution in [0.5, 0.6) is 11.5 Å². The smallest absolute Gasteiger partial charge is 0.253 e. The van der Waals surface area contributed by atoms with Crippen molar-refractivity contribution in [2.75, 3.05) is 25.7 Å². The van der Waals surface area contributed by atoms with Crippen molar-refractivity contribution < 1.29 is 14.3 Å². The Bertz CT molecular complexity index is 816. The van der Waals surface area contributed by atoms with Crippen molar-refractivity contribution >= 4 is 11.7 Å². The number of methoxy groups -OCH3 is 2. The zero-order chi connectivity index (χ0) is 18.1. The molecule has 1 fully saturated rings. The molecule has 0 unspecified atom stereocenters. The minimum absolute atomic E-state index is 0.0348. The van der Waals surface area contributed by atoms with E-state index in [1.54, 1.807) is 20.4 Å². The van der Waals surface area contributed by atoms with Crippen LogP contribution in [-0.2, 0) is 13.0 Å². The Hall–Kier alpha value is -2.76. The molecule has 6 heteroatoms. The topological polar surface area (TPSA) is 63.7 Å². The number of nitrogens with one attached hydrogen (secondary N) is 1. The summed E-state index contributed by atoms with van der Waals surface area (Å²) >= 11 is 0. The number of anilines is 1. The van der Waals surface area contributed by atoms with Crippen molar-refractivity contribution in [1.29, 1.82) is 0 Å². The molecule has 0 spiro atoms. The van der Waals surface area contributed by atoms with Crippen molar-refractivity contribution in [2.45, 2.75) is 31.8 Å². The van der Waals surface area contributed by atoms with E-state index in [4.69, 9.17) is 9.47 Å². The Labute approximate surface area is 153 Å². The SMILES string of the molecule is COc1cc2c(cc1OC)CN(c1ccc(C(=O)NC3CC3)cn1)CC2. The standard InChI is InChI=1S/C20H23N3O3/c1-25-17-9-13-7-8-23(12-15(13)10-18(17)26-2)19-6-3-14(11-21-19)20(24)22-16-4-5-16/h3,6,9-11,16H,4-5,7-8,12H2,1-2H3,(H,22,24). The molecule has 1 aliphatic heterocycles. The van der Waals surface area contributed by atoms with Gasteiger partial charge >= 0.3 is 0 Å². The third kappa shape index (κ3) is 3.31. The van der Waals surface area contributed by atoms with Gasteiger partial charge in [0.15, 0.2) is 11.5 Å². The molecular formula is C20H23N3O3. The van der Waals surface area contributed by atoms with Gasteiger partial charge < -0.3 is 19.7 Å². The highest BCUT2D eigenvalue weighted by Crippen LogP contribution is 2.34. The summed E-state index contributed by atoms with van der Waals surface area (Å²) in [5.74, 6) is 2.36. The molecule has 2 heterocycles. The lowest BCUT2D eigenvalue weighted by Gasteiger charge is -2.30. The molecule has 2 aliphatic rings. The van der Waals surface area contributed by atoms with Gasteiger partial charge in [0.05, 0.1) is 19.8 Å². The van der Waals surface area contributed by atoms with Gasteiger partial charge in [-0.2, -0.15) is 0 Å². The molecule has 136 valence electrons. The molecule has 0 atom stereocenters. The number of fused-ring (bicyclic) bond motifs is 1. The Kier molecular flexibility index (Phi) is 4.41. The van der Waals surface area contributed by atoms with Crippen LogP contribution in [0, 0.1) is 0 Å². The summed E-state index contributed by atoms with van der Waals surface area (Å²) in [6.07, 6.45) is 4.75. The first-order valence-electron chi connectivity index (χ1n) is 8.93. The third-order valence-electron chi connectivity index (χ3n) is 4.96. The predicted molar refractivity (Wildman–Crippen MR) is 99.0 cm³/mol. The number of hydrogen-bond acceptors (Lipinski definition) is 5. The average molecular weight is 353 g/mol. The van der Waals surface area contributed by atoms with Gasteiger partial charge in [0.25, 0.3) is 5.91 Å². The van der Waals surface area contributed by atoms with E-state index in [1.807, 2.05) is 18.2 Å². The first-order chi connectivity index (χ1) is 12.7. The number of aromatic nitrogens is 1. The van der Waals surface area contributed by atoms with Crippen molar-refractivity contribution in [3.8, 4) is 11.5 Å². The van der Waals surface area contributed by atoms with Gasteiger partial charge in [-0.3, -0.25) is 4.79 Å². The van der Waals surface area contributed by atoms with Crippen molar-refractivity contribution in [2.24, 2.45) is 0 Å². The van der Waals surface area contributed by atoms with E-state index in [0.29, 0.717) is 11.6 Å². The summed E-state index contributed by atoms with van der Waals surface area (Å²) in [5, 5.41) is 2.99. The van der Waals surface area contributed by atoms with Crippen LogP contribution >= 0.6 is 0 Å². The van der Waals surface area contributed by atoms with Crippen LogP contribution in [0.2, 0.25) is 0 Å². The zero-order valence-corrected chi connectivity index (χ0v) is 15.1. The number of rotatable bonds is 5. The van der Waals surface area contributed by atoms with E-state index in [2.05, 4.69) is 21.3 Å². The lowest BCUT2D eigenvalue weighted by Crippen LogP contribution is -2.31. The zero-order valence-electron chi connectivity index (χ0n) is 15.1. The molecule has 26 heavy (non-hydrogen) atoms. The molecule has 1 aliphatic carbocycles. The van der Waals surface area contributed by atoms with Gasteiger partial charge in [-0.25, -0.2) is 4.98 Å². The van der Waals surface area contributed by atoms with Crippen LogP contribution < -0.4 is 19.7 Å². The van der Waals surface area contributed by atoms with Gasteiger partial charge in [0.1, 0.15) is 5.82 Å². The van der Waals surface area contributed by atoms with E-state index in [0.717, 1.165) is 49.7 Å². The Morgan fingerprint density at radius 1 is 1.15 bits per heavy atom. The Morgan fingerprint density at radius 2 is 1.88 bits per heavy atom. The molecule has 1 amide bonds. The quantitative estimate of drug-likeness (QED) is 0.895. The van der Waals surface area contributed by atoms with Crippen LogP contribution in [0.4, 0.5) is 5.82 Å². The van der Waals surface area contributed by atoms with Gasteiger partial charge in [-0.05, 0) is 54.7 Å². The van der Waals surface area contributed by atoms with E-state index >= 15 is 0 Å². The van der Waals surface area contributed by atoms with Gasteiger partial charge in [0, 0.05) is 25.3 Å². The van der Waals surface area contributed by atoms with E-state index in [1.165, 1.54) is 11.1 Å². The van der Waals surface area contributed by atoms with Crippen molar-refractivity contribution in [3.05, 3.63) is 47.2 Å².